The van der Waals surface area contributed by atoms with E-state index in [0.717, 1.165) is 56.0 Å². The minimum Gasteiger partial charge on any atom is -0.261 e. The summed E-state index contributed by atoms with van der Waals surface area (Å²) in [7, 11) is 0. The van der Waals surface area contributed by atoms with Crippen molar-refractivity contribution in [2.45, 2.75) is 26.2 Å². The van der Waals surface area contributed by atoms with E-state index in [-0.39, 0.29) is 5.41 Å². The topological polar surface area (TPSA) is 38.7 Å². The molecule has 2 aromatic heterocycles. The molecule has 46 heavy (non-hydrogen) atoms. The van der Waals surface area contributed by atoms with Gasteiger partial charge in [0, 0.05) is 39.6 Å². The van der Waals surface area contributed by atoms with E-state index in [0.29, 0.717) is 5.82 Å². The number of pyridine rings is 1. The maximum absolute atomic E-state index is 5.16. The molecule has 7 aromatic rings. The van der Waals surface area contributed by atoms with Crippen LogP contribution in [0.25, 0.3) is 67.3 Å². The maximum Gasteiger partial charge on any atom is 0.160 e. The number of nitrogens with zero attached hydrogens (tertiary/aromatic N) is 3. The summed E-state index contributed by atoms with van der Waals surface area (Å²) in [6, 6.07) is 49.4. The third kappa shape index (κ3) is 4.91. The van der Waals surface area contributed by atoms with Crippen molar-refractivity contribution >= 4 is 0 Å². The highest BCUT2D eigenvalue weighted by atomic mass is 14.9. The van der Waals surface area contributed by atoms with E-state index in [9.17, 15) is 0 Å². The highest BCUT2D eigenvalue weighted by Gasteiger charge is 2.35. The number of benzene rings is 5. The molecular weight excluding hydrogens is 558 g/mol. The van der Waals surface area contributed by atoms with Crippen molar-refractivity contribution in [2.75, 3.05) is 0 Å². The largest absolute Gasteiger partial charge is 0.261 e. The van der Waals surface area contributed by atoms with E-state index in [1.165, 1.54) is 22.3 Å². The minimum atomic E-state index is -0.0371. The van der Waals surface area contributed by atoms with E-state index >= 15 is 0 Å². The lowest BCUT2D eigenvalue weighted by atomic mass is 9.82. The molecule has 2 heterocycles. The lowest BCUT2D eigenvalue weighted by Gasteiger charge is -2.21. The summed E-state index contributed by atoms with van der Waals surface area (Å²) in [4.78, 5) is 15.0. The fraction of sp³-hybridized carbons (Fsp3) is 0.0930. The van der Waals surface area contributed by atoms with Gasteiger partial charge < -0.3 is 0 Å². The summed E-state index contributed by atoms with van der Waals surface area (Å²) < 4.78 is 0. The maximum atomic E-state index is 5.16. The van der Waals surface area contributed by atoms with Crippen LogP contribution in [0.3, 0.4) is 0 Å². The van der Waals surface area contributed by atoms with E-state index in [2.05, 4.69) is 146 Å². The van der Waals surface area contributed by atoms with Crippen LogP contribution in [0.4, 0.5) is 0 Å². The number of fused-ring (bicyclic) bond motifs is 3. The number of aromatic nitrogens is 3. The molecule has 0 atom stereocenters. The van der Waals surface area contributed by atoms with E-state index < -0.39 is 0 Å². The molecule has 0 saturated carbocycles. The predicted molar refractivity (Wildman–Crippen MR) is 189 cm³/mol. The SMILES string of the molecule is Cc1ccc(-c2cc(-c3ccc4c(c3)-c3ccccc3C4(C)C)cc(-c3nc(-c4ccccc4)cc(-c4ccccc4)n3)c2)cn1. The van der Waals surface area contributed by atoms with Crippen LogP contribution < -0.4 is 0 Å². The molecule has 0 N–H and O–H groups in total. The van der Waals surface area contributed by atoms with Gasteiger partial charge in [0.2, 0.25) is 0 Å². The summed E-state index contributed by atoms with van der Waals surface area (Å²) in [5.41, 5.74) is 15.6. The molecule has 1 aliphatic rings. The average Bonchev–Trinajstić information content (AvgIpc) is 3.34. The fourth-order valence-corrected chi connectivity index (χ4v) is 6.72. The zero-order chi connectivity index (χ0) is 31.3. The van der Waals surface area contributed by atoms with E-state index in [1.807, 2.05) is 25.3 Å². The molecule has 5 aromatic carbocycles. The number of rotatable bonds is 5. The highest BCUT2D eigenvalue weighted by molar-refractivity contribution is 5.87. The van der Waals surface area contributed by atoms with Gasteiger partial charge in [-0.2, -0.15) is 0 Å². The molecular formula is C43H33N3. The summed E-state index contributed by atoms with van der Waals surface area (Å²) in [5, 5.41) is 0. The van der Waals surface area contributed by atoms with Crippen LogP contribution in [0.15, 0.2) is 146 Å². The molecule has 0 spiro atoms. The second kappa shape index (κ2) is 11.0. The second-order valence-corrected chi connectivity index (χ2v) is 12.6. The predicted octanol–water partition coefficient (Wildman–Crippen LogP) is 10.8. The normalized spacial score (nSPS) is 12.8. The first-order valence-corrected chi connectivity index (χ1v) is 15.8. The van der Waals surface area contributed by atoms with Gasteiger partial charge >= 0.3 is 0 Å². The van der Waals surface area contributed by atoms with Crippen molar-refractivity contribution in [3.8, 4) is 67.3 Å². The molecule has 3 nitrogen and oxygen atoms in total. The third-order valence-electron chi connectivity index (χ3n) is 9.22. The molecule has 0 bridgehead atoms. The summed E-state index contributed by atoms with van der Waals surface area (Å²) in [6.07, 6.45) is 1.95. The Kier molecular flexibility index (Phi) is 6.69. The first-order valence-electron chi connectivity index (χ1n) is 15.8. The number of hydrogen-bond acceptors (Lipinski definition) is 3. The lowest BCUT2D eigenvalue weighted by molar-refractivity contribution is 0.660. The monoisotopic (exact) mass is 591 g/mol. The van der Waals surface area contributed by atoms with Crippen LogP contribution in [0.2, 0.25) is 0 Å². The van der Waals surface area contributed by atoms with Crippen molar-refractivity contribution in [1.82, 2.24) is 15.0 Å². The van der Waals surface area contributed by atoms with Crippen LogP contribution >= 0.6 is 0 Å². The Morgan fingerprint density at radius 1 is 0.435 bits per heavy atom. The molecule has 1 aliphatic carbocycles. The van der Waals surface area contributed by atoms with Crippen LogP contribution in [-0.2, 0) is 5.41 Å². The number of aryl methyl sites for hydroxylation is 1. The van der Waals surface area contributed by atoms with Crippen molar-refractivity contribution in [3.63, 3.8) is 0 Å². The van der Waals surface area contributed by atoms with Gasteiger partial charge in [0.1, 0.15) is 0 Å². The quantitative estimate of drug-likeness (QED) is 0.200. The van der Waals surface area contributed by atoms with Gasteiger partial charge in [-0.3, -0.25) is 4.98 Å². The Labute approximate surface area is 270 Å². The van der Waals surface area contributed by atoms with Crippen LogP contribution in [0.1, 0.15) is 30.7 Å². The molecule has 3 heteroatoms. The van der Waals surface area contributed by atoms with Crippen molar-refractivity contribution < 1.29 is 0 Å². The summed E-state index contributed by atoms with van der Waals surface area (Å²) >= 11 is 0. The summed E-state index contributed by atoms with van der Waals surface area (Å²) in [6.45, 7) is 6.66. The fourth-order valence-electron chi connectivity index (χ4n) is 6.72. The van der Waals surface area contributed by atoms with Gasteiger partial charge in [0.15, 0.2) is 5.82 Å². The zero-order valence-electron chi connectivity index (χ0n) is 26.2. The molecule has 0 amide bonds. The molecule has 0 unspecified atom stereocenters. The van der Waals surface area contributed by atoms with Crippen LogP contribution in [0, 0.1) is 6.92 Å². The van der Waals surface area contributed by atoms with E-state index in [1.54, 1.807) is 0 Å². The Bertz CT molecular complexity index is 2160. The lowest BCUT2D eigenvalue weighted by Crippen LogP contribution is -2.14. The average molecular weight is 592 g/mol. The first kappa shape index (κ1) is 27.8. The highest BCUT2D eigenvalue weighted by Crippen LogP contribution is 2.49. The van der Waals surface area contributed by atoms with Gasteiger partial charge in [-0.05, 0) is 82.3 Å². The summed E-state index contributed by atoms with van der Waals surface area (Å²) in [5.74, 6) is 0.691. The van der Waals surface area contributed by atoms with E-state index in [4.69, 9.17) is 9.97 Å². The molecule has 220 valence electrons. The molecule has 0 fully saturated rings. The minimum absolute atomic E-state index is 0.0371. The van der Waals surface area contributed by atoms with Crippen molar-refractivity contribution in [1.29, 1.82) is 0 Å². The van der Waals surface area contributed by atoms with Crippen molar-refractivity contribution in [2.24, 2.45) is 0 Å². The molecule has 0 radical (unpaired) electrons. The van der Waals surface area contributed by atoms with Gasteiger partial charge in [-0.1, -0.05) is 117 Å². The second-order valence-electron chi connectivity index (χ2n) is 12.6. The molecule has 8 rings (SSSR count). The first-order chi connectivity index (χ1) is 22.4. The Hall–Kier alpha value is -5.67. The van der Waals surface area contributed by atoms with Gasteiger partial charge in [-0.25, -0.2) is 9.97 Å². The Balaban J connectivity index is 1.34. The molecule has 0 saturated heterocycles. The van der Waals surface area contributed by atoms with Crippen LogP contribution in [0.5, 0.6) is 0 Å². The Morgan fingerprint density at radius 3 is 1.65 bits per heavy atom. The van der Waals surface area contributed by atoms with Crippen molar-refractivity contribution in [3.05, 3.63) is 163 Å². The van der Waals surface area contributed by atoms with Gasteiger partial charge in [0.25, 0.3) is 0 Å². The third-order valence-corrected chi connectivity index (χ3v) is 9.22. The standard InChI is InChI=1S/C43H33N3/c1-28-18-19-32(27-44-28)34-22-33(31-20-21-39-37(25-31)36-16-10-11-17-38(36)43(39,2)3)23-35(24-34)42-45-40(29-12-6-4-7-13-29)26-41(46-42)30-14-8-5-9-15-30/h4-27H,1-3H3. The molecule has 0 aliphatic heterocycles. The van der Waals surface area contributed by atoms with Gasteiger partial charge in [0.05, 0.1) is 11.4 Å². The Morgan fingerprint density at radius 2 is 1.00 bits per heavy atom. The van der Waals surface area contributed by atoms with Gasteiger partial charge in [-0.15, -0.1) is 0 Å². The smallest absolute Gasteiger partial charge is 0.160 e. The van der Waals surface area contributed by atoms with Crippen LogP contribution in [-0.4, -0.2) is 15.0 Å². The number of hydrogen-bond donors (Lipinski definition) is 0. The zero-order valence-corrected chi connectivity index (χ0v) is 26.2.